The third-order valence-electron chi connectivity index (χ3n) is 6.29. The maximum Gasteiger partial charge on any atom is 0.230 e. The lowest BCUT2D eigenvalue weighted by atomic mass is 9.71. The molecule has 4 nitrogen and oxygen atoms in total. The minimum absolute atomic E-state index is 0.331. The maximum absolute atomic E-state index is 13.3. The van der Waals surface area contributed by atoms with Gasteiger partial charge in [-0.1, -0.05) is 19.8 Å². The predicted molar refractivity (Wildman–Crippen MR) is 82.8 cm³/mol. The van der Waals surface area contributed by atoms with Crippen LogP contribution in [0.4, 0.5) is 0 Å². The average molecular weight is 294 g/mol. The first-order valence-electron chi connectivity index (χ1n) is 8.77. The molecule has 120 valence electrons. The van der Waals surface area contributed by atoms with E-state index in [9.17, 15) is 4.79 Å². The van der Waals surface area contributed by atoms with Crippen LogP contribution in [0.2, 0.25) is 0 Å². The number of hydrogen-bond donors (Lipinski definition) is 1. The maximum atomic E-state index is 13.3. The fourth-order valence-electron chi connectivity index (χ4n) is 4.74. The van der Waals surface area contributed by atoms with Crippen molar-refractivity contribution in [2.75, 3.05) is 26.3 Å². The van der Waals surface area contributed by atoms with Gasteiger partial charge in [0, 0.05) is 32.3 Å². The highest BCUT2D eigenvalue weighted by molar-refractivity contribution is 5.83. The van der Waals surface area contributed by atoms with Crippen molar-refractivity contribution in [2.24, 2.45) is 23.0 Å². The number of likely N-dealkylation sites (tertiary alicyclic amines) is 1. The Morgan fingerprint density at radius 1 is 1.24 bits per heavy atom. The molecule has 4 heteroatoms. The van der Waals surface area contributed by atoms with Gasteiger partial charge in [-0.3, -0.25) is 4.79 Å². The predicted octanol–water partition coefficient (Wildman–Crippen LogP) is 2.17. The van der Waals surface area contributed by atoms with E-state index in [0.717, 1.165) is 31.7 Å². The van der Waals surface area contributed by atoms with E-state index in [1.807, 2.05) is 0 Å². The van der Waals surface area contributed by atoms with Crippen LogP contribution in [0, 0.1) is 17.3 Å². The molecule has 3 atom stereocenters. The second-order valence-corrected chi connectivity index (χ2v) is 7.38. The van der Waals surface area contributed by atoms with E-state index in [1.54, 1.807) is 0 Å². The molecule has 3 aliphatic rings. The van der Waals surface area contributed by atoms with Crippen LogP contribution in [-0.4, -0.2) is 43.2 Å². The van der Waals surface area contributed by atoms with Crippen molar-refractivity contribution in [3.05, 3.63) is 0 Å². The Morgan fingerprint density at radius 3 is 2.67 bits per heavy atom. The Hall–Kier alpha value is -0.610. The molecule has 1 aliphatic carbocycles. The van der Waals surface area contributed by atoms with Crippen LogP contribution in [-0.2, 0) is 9.53 Å². The van der Waals surface area contributed by atoms with E-state index in [1.165, 1.54) is 25.7 Å². The van der Waals surface area contributed by atoms with Crippen LogP contribution in [0.5, 0.6) is 0 Å². The van der Waals surface area contributed by atoms with Crippen molar-refractivity contribution in [2.45, 2.75) is 57.9 Å². The number of amides is 1. The Balaban J connectivity index is 1.79. The van der Waals surface area contributed by atoms with Gasteiger partial charge in [0.2, 0.25) is 5.91 Å². The van der Waals surface area contributed by atoms with Crippen LogP contribution < -0.4 is 5.73 Å². The molecule has 1 saturated carbocycles. The summed E-state index contributed by atoms with van der Waals surface area (Å²) in [5.74, 6) is 1.81. The summed E-state index contributed by atoms with van der Waals surface area (Å²) in [5.41, 5.74) is 5.69. The number of carbonyl (C=O) groups is 1. The molecule has 0 aromatic rings. The minimum atomic E-state index is -0.346. The van der Waals surface area contributed by atoms with Gasteiger partial charge >= 0.3 is 0 Å². The average Bonchev–Trinajstić information content (AvgIpc) is 2.55. The molecule has 2 N–H and O–H groups in total. The third-order valence-corrected chi connectivity index (χ3v) is 6.29. The van der Waals surface area contributed by atoms with Gasteiger partial charge < -0.3 is 15.4 Å². The third kappa shape index (κ3) is 2.72. The second kappa shape index (κ2) is 6.25. The van der Waals surface area contributed by atoms with Crippen LogP contribution >= 0.6 is 0 Å². The van der Waals surface area contributed by atoms with Crippen LogP contribution in [0.1, 0.15) is 51.9 Å². The normalized spacial score (nSPS) is 36.1. The topological polar surface area (TPSA) is 55.6 Å². The quantitative estimate of drug-likeness (QED) is 0.849. The molecule has 0 spiro atoms. The summed E-state index contributed by atoms with van der Waals surface area (Å²) in [4.78, 5) is 15.5. The zero-order valence-electron chi connectivity index (χ0n) is 13.4. The molecular formula is C17H30N2O2. The summed E-state index contributed by atoms with van der Waals surface area (Å²) in [5, 5.41) is 0. The fourth-order valence-corrected chi connectivity index (χ4v) is 4.74. The van der Waals surface area contributed by atoms with E-state index >= 15 is 0 Å². The number of carbonyl (C=O) groups excluding carboxylic acids is 1. The summed E-state index contributed by atoms with van der Waals surface area (Å²) in [6, 6.07) is 0.473. The van der Waals surface area contributed by atoms with Crippen LogP contribution in [0.15, 0.2) is 0 Å². The Bertz CT molecular complexity index is 379. The molecular weight excluding hydrogens is 264 g/mol. The molecule has 2 aliphatic heterocycles. The first kappa shape index (κ1) is 15.3. The first-order chi connectivity index (χ1) is 10.2. The standard InChI is InChI=1S/C17H30N2O2/c1-13-6-9-19(15-5-3-2-4-14(13)15)16(20)17(12-18)7-10-21-11-8-17/h13-15H,2-12,18H2,1H3. The Labute approximate surface area is 128 Å². The van der Waals surface area contributed by atoms with Gasteiger partial charge in [0.15, 0.2) is 0 Å². The van der Waals surface area contributed by atoms with E-state index in [-0.39, 0.29) is 5.41 Å². The zero-order valence-corrected chi connectivity index (χ0v) is 13.4. The molecule has 0 bridgehead atoms. The molecule has 21 heavy (non-hydrogen) atoms. The summed E-state index contributed by atoms with van der Waals surface area (Å²) in [6.45, 7) is 5.14. The van der Waals surface area contributed by atoms with E-state index in [4.69, 9.17) is 10.5 Å². The van der Waals surface area contributed by atoms with Gasteiger partial charge in [0.1, 0.15) is 0 Å². The van der Waals surface area contributed by atoms with Crippen LogP contribution in [0.3, 0.4) is 0 Å². The van der Waals surface area contributed by atoms with Crippen molar-refractivity contribution in [1.82, 2.24) is 4.90 Å². The molecule has 0 aromatic heterocycles. The highest BCUT2D eigenvalue weighted by Crippen LogP contribution is 2.42. The number of nitrogens with zero attached hydrogens (tertiary/aromatic N) is 1. The van der Waals surface area contributed by atoms with E-state index in [0.29, 0.717) is 37.6 Å². The van der Waals surface area contributed by atoms with Crippen molar-refractivity contribution in [1.29, 1.82) is 0 Å². The number of piperidine rings is 1. The first-order valence-corrected chi connectivity index (χ1v) is 8.77. The molecule has 2 saturated heterocycles. The summed E-state index contributed by atoms with van der Waals surface area (Å²) in [6.07, 6.45) is 7.85. The largest absolute Gasteiger partial charge is 0.381 e. The molecule has 3 fully saturated rings. The Kier molecular flexibility index (Phi) is 4.55. The van der Waals surface area contributed by atoms with E-state index in [2.05, 4.69) is 11.8 Å². The summed E-state index contributed by atoms with van der Waals surface area (Å²) in [7, 11) is 0. The van der Waals surface area contributed by atoms with E-state index < -0.39 is 0 Å². The number of rotatable bonds is 2. The van der Waals surface area contributed by atoms with Crippen molar-refractivity contribution in [3.8, 4) is 0 Å². The van der Waals surface area contributed by atoms with Gasteiger partial charge in [0.05, 0.1) is 5.41 Å². The highest BCUT2D eigenvalue weighted by atomic mass is 16.5. The molecule has 3 unspecified atom stereocenters. The number of fused-ring (bicyclic) bond motifs is 1. The van der Waals surface area contributed by atoms with Gasteiger partial charge in [-0.05, 0) is 43.9 Å². The van der Waals surface area contributed by atoms with Gasteiger partial charge in [-0.2, -0.15) is 0 Å². The summed E-state index contributed by atoms with van der Waals surface area (Å²) >= 11 is 0. The fraction of sp³-hybridized carbons (Fsp3) is 0.941. The lowest BCUT2D eigenvalue weighted by Crippen LogP contribution is -2.59. The van der Waals surface area contributed by atoms with Gasteiger partial charge in [-0.25, -0.2) is 0 Å². The monoisotopic (exact) mass is 294 g/mol. The van der Waals surface area contributed by atoms with Crippen molar-refractivity contribution < 1.29 is 9.53 Å². The minimum Gasteiger partial charge on any atom is -0.381 e. The lowest BCUT2D eigenvalue weighted by Gasteiger charge is -2.50. The lowest BCUT2D eigenvalue weighted by molar-refractivity contribution is -0.155. The highest BCUT2D eigenvalue weighted by Gasteiger charge is 2.47. The molecule has 3 rings (SSSR count). The SMILES string of the molecule is CC1CCN(C(=O)C2(CN)CCOCC2)C2CCCCC12. The molecule has 1 amide bonds. The summed E-state index contributed by atoms with van der Waals surface area (Å²) < 4.78 is 5.46. The number of ether oxygens (including phenoxy) is 1. The number of nitrogens with two attached hydrogens (primary N) is 1. The second-order valence-electron chi connectivity index (χ2n) is 7.38. The van der Waals surface area contributed by atoms with Gasteiger partial charge in [0.25, 0.3) is 0 Å². The molecule has 2 heterocycles. The number of hydrogen-bond acceptors (Lipinski definition) is 3. The van der Waals surface area contributed by atoms with Crippen molar-refractivity contribution >= 4 is 5.91 Å². The van der Waals surface area contributed by atoms with Crippen molar-refractivity contribution in [3.63, 3.8) is 0 Å². The Morgan fingerprint density at radius 2 is 1.95 bits per heavy atom. The van der Waals surface area contributed by atoms with Gasteiger partial charge in [-0.15, -0.1) is 0 Å². The van der Waals surface area contributed by atoms with Crippen LogP contribution in [0.25, 0.3) is 0 Å². The molecule has 0 aromatic carbocycles. The smallest absolute Gasteiger partial charge is 0.230 e. The zero-order chi connectivity index (χ0) is 14.9. The molecule has 0 radical (unpaired) electrons.